The highest BCUT2D eigenvalue weighted by Gasteiger charge is 2.26. The zero-order valence-corrected chi connectivity index (χ0v) is 14.4. The fourth-order valence-corrected chi connectivity index (χ4v) is 2.51. The lowest BCUT2D eigenvalue weighted by Crippen LogP contribution is -2.24. The summed E-state index contributed by atoms with van der Waals surface area (Å²) < 4.78 is 0. The molecule has 0 saturated heterocycles. The lowest BCUT2D eigenvalue weighted by atomic mass is 9.95. The molecule has 1 saturated carbocycles. The van der Waals surface area contributed by atoms with Crippen molar-refractivity contribution >= 4 is 11.6 Å². The van der Waals surface area contributed by atoms with E-state index in [0.717, 1.165) is 35.4 Å². The van der Waals surface area contributed by atoms with Crippen LogP contribution in [0.3, 0.4) is 0 Å². The molecule has 21 heavy (non-hydrogen) atoms. The summed E-state index contributed by atoms with van der Waals surface area (Å²) in [7, 11) is 1.92. The fraction of sp³-hybridized carbons (Fsp3) is 0.765. The molecule has 1 aliphatic rings. The van der Waals surface area contributed by atoms with E-state index in [0.29, 0.717) is 6.04 Å². The van der Waals surface area contributed by atoms with E-state index in [1.54, 1.807) is 0 Å². The normalized spacial score (nSPS) is 16.7. The molecule has 118 valence electrons. The van der Waals surface area contributed by atoms with E-state index < -0.39 is 0 Å². The molecular weight excluding hydrogens is 260 g/mol. The summed E-state index contributed by atoms with van der Waals surface area (Å²) in [6.07, 6.45) is 5.20. The van der Waals surface area contributed by atoms with E-state index in [1.165, 1.54) is 19.3 Å². The minimum atomic E-state index is -0.0477. The largest absolute Gasteiger partial charge is 0.373 e. The maximum atomic E-state index is 4.81. The molecule has 0 radical (unpaired) electrons. The molecule has 1 fully saturated rings. The number of aromatic nitrogens is 2. The topological polar surface area (TPSA) is 49.8 Å². The fourth-order valence-electron chi connectivity index (χ4n) is 2.51. The van der Waals surface area contributed by atoms with Gasteiger partial charge in [0.1, 0.15) is 17.5 Å². The van der Waals surface area contributed by atoms with Crippen LogP contribution in [0.5, 0.6) is 0 Å². The molecule has 4 heteroatoms. The van der Waals surface area contributed by atoms with E-state index in [9.17, 15) is 0 Å². The summed E-state index contributed by atoms with van der Waals surface area (Å²) >= 11 is 0. The zero-order valence-electron chi connectivity index (χ0n) is 14.4. The van der Waals surface area contributed by atoms with Crippen molar-refractivity contribution in [2.75, 3.05) is 17.7 Å². The number of nitrogens with one attached hydrogen (secondary N) is 2. The summed E-state index contributed by atoms with van der Waals surface area (Å²) in [4.78, 5) is 9.47. The van der Waals surface area contributed by atoms with E-state index >= 15 is 0 Å². The van der Waals surface area contributed by atoms with Crippen molar-refractivity contribution in [2.24, 2.45) is 5.92 Å². The third-order valence-electron chi connectivity index (χ3n) is 4.20. The molecule has 4 nitrogen and oxygen atoms in total. The van der Waals surface area contributed by atoms with Crippen LogP contribution in [0.2, 0.25) is 0 Å². The maximum absolute atomic E-state index is 4.81. The summed E-state index contributed by atoms with van der Waals surface area (Å²) in [6, 6.07) is 0.517. The molecule has 0 aliphatic heterocycles. The van der Waals surface area contributed by atoms with Crippen LogP contribution in [0, 0.1) is 12.8 Å². The van der Waals surface area contributed by atoms with Gasteiger partial charge in [-0.1, -0.05) is 40.5 Å². The van der Waals surface area contributed by atoms with Gasteiger partial charge in [0.2, 0.25) is 0 Å². The van der Waals surface area contributed by atoms with Crippen molar-refractivity contribution in [2.45, 2.75) is 71.8 Å². The zero-order chi connectivity index (χ0) is 15.6. The predicted molar refractivity (Wildman–Crippen MR) is 90.1 cm³/mol. The van der Waals surface area contributed by atoms with Crippen LogP contribution in [0.1, 0.15) is 64.8 Å². The molecule has 1 atom stereocenters. The number of hydrogen-bond acceptors (Lipinski definition) is 4. The Morgan fingerprint density at radius 1 is 1.19 bits per heavy atom. The van der Waals surface area contributed by atoms with Gasteiger partial charge in [0.05, 0.1) is 0 Å². The second-order valence-corrected chi connectivity index (χ2v) is 7.30. The Balaban J connectivity index is 2.27. The van der Waals surface area contributed by atoms with Crippen LogP contribution < -0.4 is 10.6 Å². The molecule has 1 heterocycles. The van der Waals surface area contributed by atoms with Gasteiger partial charge in [-0.15, -0.1) is 0 Å². The van der Waals surface area contributed by atoms with Crippen molar-refractivity contribution in [3.05, 3.63) is 11.4 Å². The SMILES string of the molecule is CCC(CC1CC1)Nc1nc(C(C)(C)C)nc(NC)c1C. The lowest BCUT2D eigenvalue weighted by Gasteiger charge is -2.23. The highest BCUT2D eigenvalue weighted by molar-refractivity contribution is 5.57. The highest BCUT2D eigenvalue weighted by atomic mass is 15.1. The first-order valence-corrected chi connectivity index (χ1v) is 8.18. The Bertz CT molecular complexity index is 486. The number of hydrogen-bond donors (Lipinski definition) is 2. The van der Waals surface area contributed by atoms with Crippen LogP contribution in [0.15, 0.2) is 0 Å². The van der Waals surface area contributed by atoms with Gasteiger partial charge in [0.25, 0.3) is 0 Å². The highest BCUT2D eigenvalue weighted by Crippen LogP contribution is 2.35. The third-order valence-corrected chi connectivity index (χ3v) is 4.20. The van der Waals surface area contributed by atoms with Gasteiger partial charge < -0.3 is 10.6 Å². The molecule has 0 spiro atoms. The van der Waals surface area contributed by atoms with Gasteiger partial charge in [0, 0.05) is 24.1 Å². The molecular formula is C17H30N4. The smallest absolute Gasteiger partial charge is 0.138 e. The average Bonchev–Trinajstić information content (AvgIpc) is 3.22. The monoisotopic (exact) mass is 290 g/mol. The molecule has 2 rings (SSSR count). The van der Waals surface area contributed by atoms with Gasteiger partial charge in [-0.25, -0.2) is 9.97 Å². The van der Waals surface area contributed by atoms with Crippen molar-refractivity contribution in [1.82, 2.24) is 9.97 Å². The summed E-state index contributed by atoms with van der Waals surface area (Å²) in [5, 5.41) is 6.87. The van der Waals surface area contributed by atoms with Crippen LogP contribution >= 0.6 is 0 Å². The maximum Gasteiger partial charge on any atom is 0.138 e. The molecule has 1 aliphatic carbocycles. The van der Waals surface area contributed by atoms with Crippen LogP contribution in [-0.4, -0.2) is 23.1 Å². The van der Waals surface area contributed by atoms with Crippen molar-refractivity contribution < 1.29 is 0 Å². The molecule has 1 aromatic rings. The Hall–Kier alpha value is -1.32. The molecule has 2 N–H and O–H groups in total. The van der Waals surface area contributed by atoms with Crippen molar-refractivity contribution in [3.63, 3.8) is 0 Å². The van der Waals surface area contributed by atoms with Gasteiger partial charge in [-0.2, -0.15) is 0 Å². The Labute approximate surface area is 129 Å². The summed E-state index contributed by atoms with van der Waals surface area (Å²) in [5.41, 5.74) is 1.06. The number of rotatable bonds is 6. The minimum Gasteiger partial charge on any atom is -0.373 e. The Morgan fingerprint density at radius 2 is 1.81 bits per heavy atom. The first-order valence-electron chi connectivity index (χ1n) is 8.18. The molecule has 1 unspecified atom stereocenters. The molecule has 0 amide bonds. The van der Waals surface area contributed by atoms with Gasteiger partial charge >= 0.3 is 0 Å². The van der Waals surface area contributed by atoms with Gasteiger partial charge in [-0.05, 0) is 25.7 Å². The predicted octanol–water partition coefficient (Wildman–Crippen LogP) is 4.11. The molecule has 0 aromatic carbocycles. The Kier molecular flexibility index (Phi) is 4.74. The van der Waals surface area contributed by atoms with E-state index in [-0.39, 0.29) is 5.41 Å². The standard InChI is InChI=1S/C17H30N4/c1-7-13(10-12-8-9-12)19-15-11(2)14(18-6)20-16(21-15)17(3,4)5/h12-13H,7-10H2,1-6H3,(H2,18,19,20,21). The molecule has 0 bridgehead atoms. The van der Waals surface area contributed by atoms with E-state index in [4.69, 9.17) is 4.98 Å². The van der Waals surface area contributed by atoms with Crippen molar-refractivity contribution in [3.8, 4) is 0 Å². The summed E-state index contributed by atoms with van der Waals surface area (Å²) in [5.74, 6) is 3.74. The lowest BCUT2D eigenvalue weighted by molar-refractivity contribution is 0.542. The second-order valence-electron chi connectivity index (χ2n) is 7.30. The first kappa shape index (κ1) is 16.1. The van der Waals surface area contributed by atoms with Crippen LogP contribution in [0.4, 0.5) is 11.6 Å². The quantitative estimate of drug-likeness (QED) is 0.827. The number of nitrogens with zero attached hydrogens (tertiary/aromatic N) is 2. The van der Waals surface area contributed by atoms with Crippen molar-refractivity contribution in [1.29, 1.82) is 0 Å². The Morgan fingerprint density at radius 3 is 2.29 bits per heavy atom. The summed E-state index contributed by atoms with van der Waals surface area (Å²) in [6.45, 7) is 10.8. The number of anilines is 2. The average molecular weight is 290 g/mol. The minimum absolute atomic E-state index is 0.0477. The third kappa shape index (κ3) is 4.08. The van der Waals surface area contributed by atoms with Crippen LogP contribution in [-0.2, 0) is 5.41 Å². The first-order chi connectivity index (χ1) is 9.85. The van der Waals surface area contributed by atoms with Crippen LogP contribution in [0.25, 0.3) is 0 Å². The van der Waals surface area contributed by atoms with Gasteiger partial charge in [0.15, 0.2) is 0 Å². The van der Waals surface area contributed by atoms with Gasteiger partial charge in [-0.3, -0.25) is 0 Å². The molecule has 1 aromatic heterocycles. The van der Waals surface area contributed by atoms with E-state index in [2.05, 4.69) is 50.2 Å². The second kappa shape index (κ2) is 6.20. The van der Waals surface area contributed by atoms with E-state index in [1.807, 2.05) is 7.05 Å².